The highest BCUT2D eigenvalue weighted by Gasteiger charge is 1.95. The molecule has 0 aliphatic heterocycles. The van der Waals surface area contributed by atoms with Gasteiger partial charge in [-0.2, -0.15) is 0 Å². The Hall–Kier alpha value is -1.09. The van der Waals surface area contributed by atoms with Crippen LogP contribution in [0.4, 0.5) is 0 Å². The van der Waals surface area contributed by atoms with Crippen molar-refractivity contribution in [3.8, 4) is 0 Å². The first-order chi connectivity index (χ1) is 5.18. The summed E-state index contributed by atoms with van der Waals surface area (Å²) in [6.45, 7) is 1.94. The molecule has 1 rings (SSSR count). The number of pyridine rings is 1. The first-order valence-electron chi connectivity index (χ1n) is 3.61. The molecule has 1 atom stereocenters. The Balaban J connectivity index is 2.74. The van der Waals surface area contributed by atoms with Crippen LogP contribution in [-0.2, 0) is 6.42 Å². The molecule has 0 aliphatic rings. The maximum absolute atomic E-state index is 10.6. The van der Waals surface area contributed by atoms with E-state index in [1.54, 1.807) is 12.3 Å². The summed E-state index contributed by atoms with van der Waals surface area (Å²) in [6.07, 6.45) is 2.50. The summed E-state index contributed by atoms with van der Waals surface area (Å²) in [6, 6.07) is 3.45. The summed E-state index contributed by atoms with van der Waals surface area (Å²) in [4.78, 5) is 13.2. The second-order valence-corrected chi connectivity index (χ2v) is 2.74. The van der Waals surface area contributed by atoms with E-state index in [1.807, 2.05) is 6.92 Å². The zero-order chi connectivity index (χ0) is 8.27. The van der Waals surface area contributed by atoms with Crippen molar-refractivity contribution >= 4 is 0 Å². The quantitative estimate of drug-likeness (QED) is 0.638. The Labute approximate surface area is 65.2 Å². The lowest BCUT2D eigenvalue weighted by Crippen LogP contribution is -2.18. The molecule has 0 radical (unpaired) electrons. The van der Waals surface area contributed by atoms with Crippen LogP contribution in [0.1, 0.15) is 12.5 Å². The standard InChI is InChI=1S/C8H12N2O/c1-6(9)4-7-2-3-8(11)10-5-7/h2-3,5-6H,4,9H2,1H3,(H,10,11). The van der Waals surface area contributed by atoms with Gasteiger partial charge in [-0.15, -0.1) is 0 Å². The fourth-order valence-corrected chi connectivity index (χ4v) is 0.942. The molecule has 1 aromatic rings. The number of H-pyrrole nitrogens is 1. The number of aromatic amines is 1. The smallest absolute Gasteiger partial charge is 0.247 e. The van der Waals surface area contributed by atoms with Gasteiger partial charge in [0.05, 0.1) is 0 Å². The van der Waals surface area contributed by atoms with E-state index in [0.717, 1.165) is 12.0 Å². The van der Waals surface area contributed by atoms with Gasteiger partial charge >= 0.3 is 0 Å². The van der Waals surface area contributed by atoms with Crippen LogP contribution in [0.15, 0.2) is 23.1 Å². The minimum atomic E-state index is -0.0709. The van der Waals surface area contributed by atoms with Crippen molar-refractivity contribution in [1.29, 1.82) is 0 Å². The molecule has 60 valence electrons. The highest BCUT2D eigenvalue weighted by atomic mass is 16.1. The molecule has 11 heavy (non-hydrogen) atoms. The molecule has 0 bridgehead atoms. The van der Waals surface area contributed by atoms with Crippen molar-refractivity contribution in [2.75, 3.05) is 0 Å². The van der Waals surface area contributed by atoms with Crippen molar-refractivity contribution in [1.82, 2.24) is 4.98 Å². The molecule has 1 heterocycles. The maximum atomic E-state index is 10.6. The Bertz CT molecular complexity index is 257. The van der Waals surface area contributed by atoms with E-state index in [2.05, 4.69) is 4.98 Å². The topological polar surface area (TPSA) is 58.9 Å². The summed E-state index contributed by atoms with van der Waals surface area (Å²) in [5, 5.41) is 0. The SMILES string of the molecule is CC(N)Cc1ccc(=O)[nH]c1. The number of hydrogen-bond donors (Lipinski definition) is 2. The molecule has 0 saturated carbocycles. The third-order valence-corrected chi connectivity index (χ3v) is 1.41. The van der Waals surface area contributed by atoms with E-state index in [9.17, 15) is 4.79 Å². The average molecular weight is 152 g/mol. The van der Waals surface area contributed by atoms with E-state index in [1.165, 1.54) is 6.07 Å². The van der Waals surface area contributed by atoms with Crippen LogP contribution in [0.2, 0.25) is 0 Å². The van der Waals surface area contributed by atoms with Crippen LogP contribution in [-0.4, -0.2) is 11.0 Å². The molecular formula is C8H12N2O. The van der Waals surface area contributed by atoms with E-state index < -0.39 is 0 Å². The first-order valence-corrected chi connectivity index (χ1v) is 3.61. The van der Waals surface area contributed by atoms with Crippen LogP contribution >= 0.6 is 0 Å². The third-order valence-electron chi connectivity index (χ3n) is 1.41. The first kappa shape index (κ1) is 8.01. The van der Waals surface area contributed by atoms with E-state index >= 15 is 0 Å². The average Bonchev–Trinajstić information content (AvgIpc) is 1.93. The molecule has 0 aromatic carbocycles. The van der Waals surface area contributed by atoms with Crippen LogP contribution in [0, 0.1) is 0 Å². The van der Waals surface area contributed by atoms with Crippen molar-refractivity contribution in [2.24, 2.45) is 5.73 Å². The zero-order valence-electron chi connectivity index (χ0n) is 6.50. The molecule has 1 unspecified atom stereocenters. The molecular weight excluding hydrogens is 140 g/mol. The molecule has 3 N–H and O–H groups in total. The lowest BCUT2D eigenvalue weighted by Gasteiger charge is -2.02. The Morgan fingerprint density at radius 3 is 2.82 bits per heavy atom. The number of rotatable bonds is 2. The van der Waals surface area contributed by atoms with Crippen LogP contribution in [0.25, 0.3) is 0 Å². The van der Waals surface area contributed by atoms with Gasteiger partial charge in [-0.3, -0.25) is 4.79 Å². The minimum absolute atomic E-state index is 0.0709. The van der Waals surface area contributed by atoms with Crippen molar-refractivity contribution < 1.29 is 0 Å². The normalized spacial score (nSPS) is 12.9. The van der Waals surface area contributed by atoms with Crippen LogP contribution < -0.4 is 11.3 Å². The highest BCUT2D eigenvalue weighted by Crippen LogP contribution is 1.96. The maximum Gasteiger partial charge on any atom is 0.247 e. The largest absolute Gasteiger partial charge is 0.329 e. The summed E-state index contributed by atoms with van der Waals surface area (Å²) in [5.74, 6) is 0. The molecule has 0 saturated heterocycles. The second kappa shape index (κ2) is 3.34. The monoisotopic (exact) mass is 152 g/mol. The van der Waals surface area contributed by atoms with Gasteiger partial charge in [0.2, 0.25) is 5.56 Å². The number of hydrogen-bond acceptors (Lipinski definition) is 2. The number of aromatic nitrogens is 1. The molecule has 0 spiro atoms. The summed E-state index contributed by atoms with van der Waals surface area (Å²) in [7, 11) is 0. The minimum Gasteiger partial charge on any atom is -0.329 e. The molecule has 3 nitrogen and oxygen atoms in total. The van der Waals surface area contributed by atoms with Crippen molar-refractivity contribution in [3.05, 3.63) is 34.2 Å². The summed E-state index contributed by atoms with van der Waals surface area (Å²) in [5.41, 5.74) is 6.57. The van der Waals surface area contributed by atoms with Gasteiger partial charge in [0.25, 0.3) is 0 Å². The predicted octanol–water partition coefficient (Wildman–Crippen LogP) is 0.265. The van der Waals surface area contributed by atoms with Gasteiger partial charge in [-0.1, -0.05) is 6.07 Å². The van der Waals surface area contributed by atoms with Gasteiger partial charge < -0.3 is 10.7 Å². The van der Waals surface area contributed by atoms with Gasteiger partial charge in [-0.25, -0.2) is 0 Å². The van der Waals surface area contributed by atoms with E-state index in [0.29, 0.717) is 0 Å². The fraction of sp³-hybridized carbons (Fsp3) is 0.375. The zero-order valence-corrected chi connectivity index (χ0v) is 6.50. The Morgan fingerprint density at radius 1 is 1.64 bits per heavy atom. The van der Waals surface area contributed by atoms with E-state index in [-0.39, 0.29) is 11.6 Å². The molecule has 1 aromatic heterocycles. The van der Waals surface area contributed by atoms with Crippen molar-refractivity contribution in [3.63, 3.8) is 0 Å². The van der Waals surface area contributed by atoms with Crippen LogP contribution in [0.5, 0.6) is 0 Å². The van der Waals surface area contributed by atoms with Gasteiger partial charge in [0.1, 0.15) is 0 Å². The lowest BCUT2D eigenvalue weighted by atomic mass is 10.1. The number of nitrogens with one attached hydrogen (secondary N) is 1. The third kappa shape index (κ3) is 2.55. The molecule has 0 amide bonds. The Kier molecular flexibility index (Phi) is 2.44. The van der Waals surface area contributed by atoms with Crippen LogP contribution in [0.3, 0.4) is 0 Å². The summed E-state index contributed by atoms with van der Waals surface area (Å²) < 4.78 is 0. The lowest BCUT2D eigenvalue weighted by molar-refractivity contribution is 0.735. The van der Waals surface area contributed by atoms with Gasteiger partial charge in [0.15, 0.2) is 0 Å². The fourth-order valence-electron chi connectivity index (χ4n) is 0.942. The molecule has 0 fully saturated rings. The molecule has 0 aliphatic carbocycles. The number of nitrogens with two attached hydrogens (primary N) is 1. The Morgan fingerprint density at radius 2 is 2.36 bits per heavy atom. The van der Waals surface area contributed by atoms with Crippen molar-refractivity contribution in [2.45, 2.75) is 19.4 Å². The van der Waals surface area contributed by atoms with Gasteiger partial charge in [0, 0.05) is 18.3 Å². The van der Waals surface area contributed by atoms with E-state index in [4.69, 9.17) is 5.73 Å². The molecule has 3 heteroatoms. The summed E-state index contributed by atoms with van der Waals surface area (Å²) >= 11 is 0. The highest BCUT2D eigenvalue weighted by molar-refractivity contribution is 5.09. The predicted molar refractivity (Wildman–Crippen MR) is 44.4 cm³/mol. The van der Waals surface area contributed by atoms with Gasteiger partial charge in [-0.05, 0) is 18.9 Å². The second-order valence-electron chi connectivity index (χ2n) is 2.74.